The van der Waals surface area contributed by atoms with Gasteiger partial charge in [-0.15, -0.1) is 0 Å². The predicted octanol–water partition coefficient (Wildman–Crippen LogP) is 2.09. The summed E-state index contributed by atoms with van der Waals surface area (Å²) in [5.41, 5.74) is 7.76. The van der Waals surface area contributed by atoms with Gasteiger partial charge in [0, 0.05) is 29.1 Å². The average Bonchev–Trinajstić information content (AvgIpc) is 2.69. The molecule has 0 radical (unpaired) electrons. The number of hydrogen-bond acceptors (Lipinski definition) is 2. The van der Waals surface area contributed by atoms with Gasteiger partial charge in [0.2, 0.25) is 0 Å². The van der Waals surface area contributed by atoms with Gasteiger partial charge >= 0.3 is 0 Å². The lowest BCUT2D eigenvalue weighted by Crippen LogP contribution is -1.98. The maximum absolute atomic E-state index is 5.60. The standard InChI is InChI=1S/C10H10BrN3/c11-9-3-8(6-12)4-10(5-9)14-2-1-13-7-14/h1-5,7H,6,12H2. The molecule has 0 aliphatic heterocycles. The molecule has 72 valence electrons. The molecule has 4 heteroatoms. The number of imidazole rings is 1. The molecule has 0 saturated carbocycles. The summed E-state index contributed by atoms with van der Waals surface area (Å²) in [5.74, 6) is 0. The van der Waals surface area contributed by atoms with E-state index in [-0.39, 0.29) is 0 Å². The summed E-state index contributed by atoms with van der Waals surface area (Å²) < 4.78 is 2.98. The van der Waals surface area contributed by atoms with Crippen molar-refractivity contribution in [1.82, 2.24) is 9.55 Å². The minimum atomic E-state index is 0.543. The van der Waals surface area contributed by atoms with Gasteiger partial charge < -0.3 is 10.3 Å². The van der Waals surface area contributed by atoms with Crippen molar-refractivity contribution in [2.45, 2.75) is 6.54 Å². The molecule has 0 aliphatic rings. The van der Waals surface area contributed by atoms with E-state index in [1.165, 1.54) is 0 Å². The maximum Gasteiger partial charge on any atom is 0.0991 e. The molecule has 3 nitrogen and oxygen atoms in total. The van der Waals surface area contributed by atoms with Gasteiger partial charge in [0.05, 0.1) is 6.33 Å². The van der Waals surface area contributed by atoms with E-state index in [1.807, 2.05) is 29.0 Å². The normalized spacial score (nSPS) is 10.4. The van der Waals surface area contributed by atoms with E-state index in [2.05, 4.69) is 20.9 Å². The molecule has 2 rings (SSSR count). The maximum atomic E-state index is 5.60. The Morgan fingerprint density at radius 1 is 1.36 bits per heavy atom. The Kier molecular flexibility index (Phi) is 2.65. The van der Waals surface area contributed by atoms with Crippen LogP contribution in [0.2, 0.25) is 0 Å². The van der Waals surface area contributed by atoms with Crippen molar-refractivity contribution in [3.05, 3.63) is 47.0 Å². The molecule has 0 amide bonds. The van der Waals surface area contributed by atoms with Crippen LogP contribution < -0.4 is 5.73 Å². The van der Waals surface area contributed by atoms with Crippen molar-refractivity contribution in [2.75, 3.05) is 0 Å². The van der Waals surface area contributed by atoms with Crippen LogP contribution in [-0.2, 0) is 6.54 Å². The Hall–Kier alpha value is -1.13. The third-order valence-electron chi connectivity index (χ3n) is 1.98. The van der Waals surface area contributed by atoms with Crippen LogP contribution in [0.4, 0.5) is 0 Å². The second-order valence-corrected chi connectivity index (χ2v) is 3.91. The molecule has 14 heavy (non-hydrogen) atoms. The zero-order valence-electron chi connectivity index (χ0n) is 7.52. The lowest BCUT2D eigenvalue weighted by molar-refractivity contribution is 1.02. The molecule has 1 heterocycles. The third-order valence-corrected chi connectivity index (χ3v) is 2.44. The number of nitrogens with zero attached hydrogens (tertiary/aromatic N) is 2. The van der Waals surface area contributed by atoms with Crippen LogP contribution in [0.3, 0.4) is 0 Å². The van der Waals surface area contributed by atoms with Gasteiger partial charge in [-0.1, -0.05) is 15.9 Å². The molecule has 0 fully saturated rings. The van der Waals surface area contributed by atoms with E-state index in [1.54, 1.807) is 12.5 Å². The second kappa shape index (κ2) is 3.94. The molecule has 0 aliphatic carbocycles. The molecule has 0 spiro atoms. The minimum absolute atomic E-state index is 0.543. The fourth-order valence-electron chi connectivity index (χ4n) is 1.31. The first-order chi connectivity index (χ1) is 6.79. The zero-order chi connectivity index (χ0) is 9.97. The molecular formula is C10H10BrN3. The summed E-state index contributed by atoms with van der Waals surface area (Å²) in [6.45, 7) is 0.543. The second-order valence-electron chi connectivity index (χ2n) is 2.99. The lowest BCUT2D eigenvalue weighted by Gasteiger charge is -2.05. The van der Waals surface area contributed by atoms with E-state index in [9.17, 15) is 0 Å². The molecular weight excluding hydrogens is 242 g/mol. The third kappa shape index (κ3) is 1.86. The lowest BCUT2D eigenvalue weighted by atomic mass is 10.2. The van der Waals surface area contributed by atoms with Crippen molar-refractivity contribution in [2.24, 2.45) is 5.73 Å². The number of benzene rings is 1. The summed E-state index contributed by atoms with van der Waals surface area (Å²) in [6.07, 6.45) is 5.42. The zero-order valence-corrected chi connectivity index (χ0v) is 9.11. The number of aromatic nitrogens is 2. The molecule has 0 unspecified atom stereocenters. The molecule has 1 aromatic heterocycles. The van der Waals surface area contributed by atoms with Crippen LogP contribution in [0.1, 0.15) is 5.56 Å². The van der Waals surface area contributed by atoms with E-state index < -0.39 is 0 Å². The molecule has 0 saturated heterocycles. The van der Waals surface area contributed by atoms with Crippen LogP contribution in [0.5, 0.6) is 0 Å². The van der Waals surface area contributed by atoms with Crippen molar-refractivity contribution < 1.29 is 0 Å². The highest BCUT2D eigenvalue weighted by Crippen LogP contribution is 2.18. The van der Waals surface area contributed by atoms with Crippen LogP contribution in [-0.4, -0.2) is 9.55 Å². The number of rotatable bonds is 2. The van der Waals surface area contributed by atoms with Crippen LogP contribution in [0, 0.1) is 0 Å². The minimum Gasteiger partial charge on any atom is -0.326 e. The van der Waals surface area contributed by atoms with Gasteiger partial charge in [-0.2, -0.15) is 0 Å². The molecule has 2 aromatic rings. The summed E-state index contributed by atoms with van der Waals surface area (Å²) in [5, 5.41) is 0. The number of halogens is 1. The average molecular weight is 252 g/mol. The largest absolute Gasteiger partial charge is 0.326 e. The highest BCUT2D eigenvalue weighted by molar-refractivity contribution is 9.10. The highest BCUT2D eigenvalue weighted by atomic mass is 79.9. The van der Waals surface area contributed by atoms with Gasteiger partial charge in [-0.3, -0.25) is 0 Å². The van der Waals surface area contributed by atoms with Gasteiger partial charge in [-0.25, -0.2) is 4.98 Å². The van der Waals surface area contributed by atoms with E-state index in [4.69, 9.17) is 5.73 Å². The first kappa shape index (κ1) is 9.43. The Morgan fingerprint density at radius 2 is 2.21 bits per heavy atom. The number of hydrogen-bond donors (Lipinski definition) is 1. The van der Waals surface area contributed by atoms with Crippen LogP contribution >= 0.6 is 15.9 Å². The quantitative estimate of drug-likeness (QED) is 0.889. The van der Waals surface area contributed by atoms with E-state index in [0.717, 1.165) is 15.7 Å². The fraction of sp³-hybridized carbons (Fsp3) is 0.100. The monoisotopic (exact) mass is 251 g/mol. The van der Waals surface area contributed by atoms with Gasteiger partial charge in [0.15, 0.2) is 0 Å². The molecule has 2 N–H and O–H groups in total. The van der Waals surface area contributed by atoms with Crippen molar-refractivity contribution in [3.8, 4) is 5.69 Å². The highest BCUT2D eigenvalue weighted by Gasteiger charge is 1.99. The molecule has 0 atom stereocenters. The van der Waals surface area contributed by atoms with Crippen molar-refractivity contribution in [1.29, 1.82) is 0 Å². The number of nitrogens with two attached hydrogens (primary N) is 1. The van der Waals surface area contributed by atoms with E-state index >= 15 is 0 Å². The fourth-order valence-corrected chi connectivity index (χ4v) is 1.84. The predicted molar refractivity (Wildman–Crippen MR) is 59.2 cm³/mol. The first-order valence-corrected chi connectivity index (χ1v) is 5.07. The Labute approximate surface area is 90.7 Å². The van der Waals surface area contributed by atoms with Crippen LogP contribution in [0.25, 0.3) is 5.69 Å². The summed E-state index contributed by atoms with van der Waals surface area (Å²) in [6, 6.07) is 6.09. The van der Waals surface area contributed by atoms with Gasteiger partial charge in [0.25, 0.3) is 0 Å². The SMILES string of the molecule is NCc1cc(Br)cc(-n2ccnc2)c1. The smallest absolute Gasteiger partial charge is 0.0991 e. The summed E-state index contributed by atoms with van der Waals surface area (Å²) in [4.78, 5) is 4.00. The van der Waals surface area contributed by atoms with Crippen molar-refractivity contribution >= 4 is 15.9 Å². The Bertz CT molecular complexity index is 423. The molecule has 0 bridgehead atoms. The Morgan fingerprint density at radius 3 is 2.86 bits per heavy atom. The topological polar surface area (TPSA) is 43.8 Å². The summed E-state index contributed by atoms with van der Waals surface area (Å²) >= 11 is 3.45. The Balaban J connectivity index is 2.48. The first-order valence-electron chi connectivity index (χ1n) is 4.27. The molecule has 1 aromatic carbocycles. The van der Waals surface area contributed by atoms with Crippen LogP contribution in [0.15, 0.2) is 41.4 Å². The van der Waals surface area contributed by atoms with E-state index in [0.29, 0.717) is 6.54 Å². The van der Waals surface area contributed by atoms with Gasteiger partial charge in [-0.05, 0) is 23.8 Å². The van der Waals surface area contributed by atoms with Crippen molar-refractivity contribution in [3.63, 3.8) is 0 Å². The summed E-state index contributed by atoms with van der Waals surface area (Å²) in [7, 11) is 0. The van der Waals surface area contributed by atoms with Gasteiger partial charge in [0.1, 0.15) is 0 Å².